The lowest BCUT2D eigenvalue weighted by atomic mass is 9.80. The third-order valence-corrected chi connectivity index (χ3v) is 4.67. The fourth-order valence-corrected chi connectivity index (χ4v) is 3.74. The molecule has 0 aromatic heterocycles. The highest BCUT2D eigenvalue weighted by Gasteiger charge is 2.51. The fraction of sp³-hybridized carbons (Fsp3) is 0.533. The van der Waals surface area contributed by atoms with E-state index < -0.39 is 6.10 Å². The van der Waals surface area contributed by atoms with E-state index in [0.29, 0.717) is 5.57 Å². The van der Waals surface area contributed by atoms with E-state index in [4.69, 9.17) is 4.74 Å². The molecule has 1 saturated carbocycles. The van der Waals surface area contributed by atoms with Gasteiger partial charge in [-0.2, -0.15) is 0 Å². The molecule has 0 bridgehead atoms. The van der Waals surface area contributed by atoms with Crippen LogP contribution in [0.3, 0.4) is 0 Å². The van der Waals surface area contributed by atoms with Crippen molar-refractivity contribution >= 4 is 5.97 Å². The molecule has 5 atom stereocenters. The van der Waals surface area contributed by atoms with Gasteiger partial charge in [-0.1, -0.05) is 30.4 Å². The van der Waals surface area contributed by atoms with Crippen LogP contribution in [0.5, 0.6) is 0 Å². The van der Waals surface area contributed by atoms with Crippen molar-refractivity contribution in [1.82, 2.24) is 0 Å². The molecule has 1 saturated heterocycles. The summed E-state index contributed by atoms with van der Waals surface area (Å²) >= 11 is 0. The Morgan fingerprint density at radius 3 is 2.83 bits per heavy atom. The second-order valence-corrected chi connectivity index (χ2v) is 5.65. The maximum Gasteiger partial charge on any atom is 0.334 e. The van der Waals surface area contributed by atoms with E-state index in [9.17, 15) is 9.90 Å². The summed E-state index contributed by atoms with van der Waals surface area (Å²) in [6, 6.07) is 0. The predicted molar refractivity (Wildman–Crippen MR) is 67.6 cm³/mol. The van der Waals surface area contributed by atoms with Gasteiger partial charge in [0.1, 0.15) is 6.10 Å². The number of ether oxygens (including phenoxy) is 1. The van der Waals surface area contributed by atoms with Crippen molar-refractivity contribution in [3.05, 3.63) is 36.0 Å². The molecule has 3 rings (SSSR count). The van der Waals surface area contributed by atoms with Crippen LogP contribution in [0.1, 0.15) is 19.8 Å². The van der Waals surface area contributed by atoms with Crippen molar-refractivity contribution in [3.8, 4) is 0 Å². The summed E-state index contributed by atoms with van der Waals surface area (Å²) in [7, 11) is 0. The molecule has 1 heterocycles. The van der Waals surface area contributed by atoms with Crippen LogP contribution >= 0.6 is 0 Å². The maximum absolute atomic E-state index is 11.7. The molecular formula is C15H18O3. The van der Waals surface area contributed by atoms with Crippen molar-refractivity contribution in [2.45, 2.75) is 32.0 Å². The number of hydrogen-bond acceptors (Lipinski definition) is 3. The lowest BCUT2D eigenvalue weighted by Crippen LogP contribution is -2.32. The molecule has 2 fully saturated rings. The summed E-state index contributed by atoms with van der Waals surface area (Å²) in [6.07, 6.45) is 2.89. The summed E-state index contributed by atoms with van der Waals surface area (Å²) in [5.41, 5.74) is 2.76. The summed E-state index contributed by atoms with van der Waals surface area (Å²) in [5.74, 6) is -0.120. The standard InChI is InChI=1S/C15H18O3/c1-7-4-5-10-9(3)15(17)18-14(10)13-8(2)6-11(16)12(7)13/h6,10-14,16H,1,3-5H2,2H3. The Balaban J connectivity index is 2.02. The first-order valence-corrected chi connectivity index (χ1v) is 6.44. The molecule has 0 amide bonds. The molecule has 1 N–H and O–H groups in total. The first-order chi connectivity index (χ1) is 8.50. The van der Waals surface area contributed by atoms with Gasteiger partial charge in [0.05, 0.1) is 6.10 Å². The lowest BCUT2D eigenvalue weighted by Gasteiger charge is -2.28. The third-order valence-electron chi connectivity index (χ3n) is 4.67. The van der Waals surface area contributed by atoms with Gasteiger partial charge in [-0.3, -0.25) is 0 Å². The molecule has 3 heteroatoms. The topological polar surface area (TPSA) is 46.5 Å². The highest BCUT2D eigenvalue weighted by Crippen LogP contribution is 2.50. The first kappa shape index (κ1) is 11.7. The minimum Gasteiger partial charge on any atom is -0.458 e. The molecule has 2 aliphatic carbocycles. The second-order valence-electron chi connectivity index (χ2n) is 5.65. The van der Waals surface area contributed by atoms with Crippen LogP contribution in [0.2, 0.25) is 0 Å². The van der Waals surface area contributed by atoms with Gasteiger partial charge < -0.3 is 9.84 Å². The lowest BCUT2D eigenvalue weighted by molar-refractivity contribution is -0.141. The van der Waals surface area contributed by atoms with Gasteiger partial charge in [0.25, 0.3) is 0 Å². The molecule has 0 radical (unpaired) electrons. The van der Waals surface area contributed by atoms with E-state index in [1.165, 1.54) is 0 Å². The number of carbonyl (C=O) groups excluding carboxylic acids is 1. The Bertz CT molecular complexity index is 474. The molecule has 5 unspecified atom stereocenters. The summed E-state index contributed by atoms with van der Waals surface area (Å²) < 4.78 is 5.51. The predicted octanol–water partition coefficient (Wildman–Crippen LogP) is 1.99. The summed E-state index contributed by atoms with van der Waals surface area (Å²) in [4.78, 5) is 11.7. The minimum atomic E-state index is -0.492. The Hall–Kier alpha value is -1.35. The van der Waals surface area contributed by atoms with Gasteiger partial charge in [-0.05, 0) is 19.8 Å². The van der Waals surface area contributed by atoms with Crippen LogP contribution < -0.4 is 0 Å². The number of fused-ring (bicyclic) bond motifs is 3. The van der Waals surface area contributed by atoms with Crippen LogP contribution in [-0.4, -0.2) is 23.3 Å². The molecule has 3 nitrogen and oxygen atoms in total. The summed E-state index contributed by atoms with van der Waals surface area (Å²) in [5, 5.41) is 10.1. The smallest absolute Gasteiger partial charge is 0.334 e. The number of rotatable bonds is 0. The Morgan fingerprint density at radius 2 is 2.11 bits per heavy atom. The molecule has 0 aromatic carbocycles. The van der Waals surface area contributed by atoms with E-state index in [-0.39, 0.29) is 29.8 Å². The van der Waals surface area contributed by atoms with E-state index in [0.717, 1.165) is 24.0 Å². The van der Waals surface area contributed by atoms with Crippen LogP contribution in [0.4, 0.5) is 0 Å². The van der Waals surface area contributed by atoms with Crippen LogP contribution in [0.25, 0.3) is 0 Å². The molecular weight excluding hydrogens is 228 g/mol. The summed E-state index contributed by atoms with van der Waals surface area (Å²) in [6.45, 7) is 9.97. The Kier molecular flexibility index (Phi) is 2.49. The Labute approximate surface area is 107 Å². The van der Waals surface area contributed by atoms with Crippen molar-refractivity contribution in [2.24, 2.45) is 17.8 Å². The number of carbonyl (C=O) groups is 1. The zero-order chi connectivity index (χ0) is 13.0. The van der Waals surface area contributed by atoms with Crippen LogP contribution in [0, 0.1) is 17.8 Å². The normalized spacial score (nSPS) is 43.1. The third kappa shape index (κ3) is 1.43. The molecule has 0 aromatic rings. The molecule has 18 heavy (non-hydrogen) atoms. The van der Waals surface area contributed by atoms with Crippen molar-refractivity contribution in [3.63, 3.8) is 0 Å². The molecule has 96 valence electrons. The second kappa shape index (κ2) is 3.82. The van der Waals surface area contributed by atoms with Crippen molar-refractivity contribution in [2.75, 3.05) is 0 Å². The maximum atomic E-state index is 11.7. The van der Waals surface area contributed by atoms with Crippen molar-refractivity contribution < 1.29 is 14.6 Å². The van der Waals surface area contributed by atoms with Crippen LogP contribution in [-0.2, 0) is 9.53 Å². The number of esters is 1. The van der Waals surface area contributed by atoms with Gasteiger partial charge in [0.15, 0.2) is 0 Å². The number of aliphatic hydroxyl groups excluding tert-OH is 1. The highest BCUT2D eigenvalue weighted by molar-refractivity contribution is 5.91. The Morgan fingerprint density at radius 1 is 1.39 bits per heavy atom. The number of hydrogen-bond donors (Lipinski definition) is 1. The van der Waals surface area contributed by atoms with E-state index in [2.05, 4.69) is 13.2 Å². The average molecular weight is 246 g/mol. The van der Waals surface area contributed by atoms with E-state index in [1.54, 1.807) is 0 Å². The fourth-order valence-electron chi connectivity index (χ4n) is 3.74. The monoisotopic (exact) mass is 246 g/mol. The zero-order valence-corrected chi connectivity index (χ0v) is 10.6. The first-order valence-electron chi connectivity index (χ1n) is 6.44. The van der Waals surface area contributed by atoms with E-state index >= 15 is 0 Å². The van der Waals surface area contributed by atoms with Gasteiger partial charge in [0.2, 0.25) is 0 Å². The van der Waals surface area contributed by atoms with Gasteiger partial charge in [-0.15, -0.1) is 0 Å². The van der Waals surface area contributed by atoms with E-state index in [1.807, 2.05) is 13.0 Å². The molecule has 0 spiro atoms. The van der Waals surface area contributed by atoms with Gasteiger partial charge in [0, 0.05) is 23.3 Å². The van der Waals surface area contributed by atoms with Crippen LogP contribution in [0.15, 0.2) is 36.0 Å². The largest absolute Gasteiger partial charge is 0.458 e. The van der Waals surface area contributed by atoms with Gasteiger partial charge >= 0.3 is 5.97 Å². The highest BCUT2D eigenvalue weighted by atomic mass is 16.6. The number of aliphatic hydroxyl groups is 1. The quantitative estimate of drug-likeness (QED) is 0.404. The zero-order valence-electron chi connectivity index (χ0n) is 10.6. The van der Waals surface area contributed by atoms with Crippen molar-refractivity contribution in [1.29, 1.82) is 0 Å². The van der Waals surface area contributed by atoms with Gasteiger partial charge in [-0.25, -0.2) is 4.79 Å². The average Bonchev–Trinajstić information content (AvgIpc) is 2.68. The molecule has 1 aliphatic heterocycles. The SMILES string of the molecule is C=C1C(=O)OC2C1CCC(=C)C1C(O)C=C(C)C21. The minimum absolute atomic E-state index is 0.00120. The molecule has 3 aliphatic rings.